The summed E-state index contributed by atoms with van der Waals surface area (Å²) >= 11 is 0. The molecule has 2 aliphatic rings. The Balaban J connectivity index is 2.00. The molecule has 2 aliphatic heterocycles. The lowest BCUT2D eigenvalue weighted by molar-refractivity contribution is -0.173. The highest BCUT2D eigenvalue weighted by atomic mass is 16.7. The molecule has 20 heavy (non-hydrogen) atoms. The molecular formula is C14H24N2O4. The van der Waals surface area contributed by atoms with Crippen molar-refractivity contribution in [2.45, 2.75) is 45.4 Å². The number of ether oxygens (including phenoxy) is 2. The number of carbonyl (C=O) groups is 2. The quantitative estimate of drug-likeness (QED) is 0.671. The molecule has 6 nitrogen and oxygen atoms in total. The van der Waals surface area contributed by atoms with Gasteiger partial charge in [-0.1, -0.05) is 0 Å². The first-order valence-corrected chi connectivity index (χ1v) is 7.48. The Kier molecular flexibility index (Phi) is 5.37. The number of rotatable bonds is 6. The topological polar surface area (TPSA) is 59.1 Å². The van der Waals surface area contributed by atoms with Crippen molar-refractivity contribution < 1.29 is 19.1 Å². The van der Waals surface area contributed by atoms with E-state index in [-0.39, 0.29) is 24.4 Å². The first-order chi connectivity index (χ1) is 9.67. The SMILES string of the molecule is CCOC(CN1CC(=O)N2CCCCC2C1=O)OCC. The third-order valence-electron chi connectivity index (χ3n) is 3.82. The van der Waals surface area contributed by atoms with Crippen LogP contribution < -0.4 is 0 Å². The maximum Gasteiger partial charge on any atom is 0.246 e. The van der Waals surface area contributed by atoms with Gasteiger partial charge in [0.25, 0.3) is 0 Å². The van der Waals surface area contributed by atoms with Gasteiger partial charge in [-0.3, -0.25) is 9.59 Å². The van der Waals surface area contributed by atoms with Crippen molar-refractivity contribution in [1.29, 1.82) is 0 Å². The number of piperazine rings is 1. The van der Waals surface area contributed by atoms with Gasteiger partial charge in [0, 0.05) is 19.8 Å². The minimum absolute atomic E-state index is 0.0358. The summed E-state index contributed by atoms with van der Waals surface area (Å²) < 4.78 is 10.9. The van der Waals surface area contributed by atoms with Crippen molar-refractivity contribution >= 4 is 11.8 Å². The monoisotopic (exact) mass is 284 g/mol. The van der Waals surface area contributed by atoms with Crippen LogP contribution in [0.25, 0.3) is 0 Å². The van der Waals surface area contributed by atoms with Crippen molar-refractivity contribution in [2.24, 2.45) is 0 Å². The molecule has 2 amide bonds. The third kappa shape index (κ3) is 3.30. The summed E-state index contributed by atoms with van der Waals surface area (Å²) in [6.07, 6.45) is 2.33. The lowest BCUT2D eigenvalue weighted by Crippen LogP contribution is -2.62. The van der Waals surface area contributed by atoms with Gasteiger partial charge < -0.3 is 19.3 Å². The Morgan fingerprint density at radius 3 is 2.55 bits per heavy atom. The molecule has 0 aliphatic carbocycles. The number of hydrogen-bond donors (Lipinski definition) is 0. The number of nitrogens with zero attached hydrogens (tertiary/aromatic N) is 2. The molecule has 0 saturated carbocycles. The zero-order valence-corrected chi connectivity index (χ0v) is 12.3. The smallest absolute Gasteiger partial charge is 0.246 e. The molecule has 0 N–H and O–H groups in total. The zero-order valence-electron chi connectivity index (χ0n) is 12.3. The van der Waals surface area contributed by atoms with Crippen molar-refractivity contribution in [3.05, 3.63) is 0 Å². The van der Waals surface area contributed by atoms with E-state index in [0.717, 1.165) is 19.3 Å². The van der Waals surface area contributed by atoms with E-state index in [1.54, 1.807) is 9.80 Å². The summed E-state index contributed by atoms with van der Waals surface area (Å²) in [7, 11) is 0. The van der Waals surface area contributed by atoms with E-state index in [4.69, 9.17) is 9.47 Å². The average molecular weight is 284 g/mol. The lowest BCUT2D eigenvalue weighted by atomic mass is 9.98. The van der Waals surface area contributed by atoms with Crippen LogP contribution in [0, 0.1) is 0 Å². The molecule has 2 rings (SSSR count). The molecule has 0 aromatic carbocycles. The highest BCUT2D eigenvalue weighted by Gasteiger charge is 2.40. The van der Waals surface area contributed by atoms with Gasteiger partial charge in [-0.05, 0) is 33.1 Å². The number of carbonyl (C=O) groups excluding carboxylic acids is 2. The van der Waals surface area contributed by atoms with Crippen molar-refractivity contribution in [3.63, 3.8) is 0 Å². The normalized spacial score (nSPS) is 23.4. The second-order valence-electron chi connectivity index (χ2n) is 5.16. The van der Waals surface area contributed by atoms with Gasteiger partial charge in [0.05, 0.1) is 6.54 Å². The molecule has 2 saturated heterocycles. The molecular weight excluding hydrogens is 260 g/mol. The Hall–Kier alpha value is -1.14. The number of piperidine rings is 1. The van der Waals surface area contributed by atoms with Crippen molar-refractivity contribution in [1.82, 2.24) is 9.80 Å². The van der Waals surface area contributed by atoms with Gasteiger partial charge in [-0.2, -0.15) is 0 Å². The third-order valence-corrected chi connectivity index (χ3v) is 3.82. The summed E-state index contributed by atoms with van der Waals surface area (Å²) in [5.74, 6) is 0.0785. The average Bonchev–Trinajstić information content (AvgIpc) is 2.45. The molecule has 0 bridgehead atoms. The van der Waals surface area contributed by atoms with Crippen LogP contribution in [0.2, 0.25) is 0 Å². The van der Waals surface area contributed by atoms with E-state index in [1.165, 1.54) is 0 Å². The van der Waals surface area contributed by atoms with Gasteiger partial charge in [-0.15, -0.1) is 0 Å². The molecule has 114 valence electrons. The summed E-state index contributed by atoms with van der Waals surface area (Å²) in [6.45, 7) is 6.01. The summed E-state index contributed by atoms with van der Waals surface area (Å²) in [5.41, 5.74) is 0. The Labute approximate surface area is 120 Å². The van der Waals surface area contributed by atoms with E-state index < -0.39 is 6.29 Å². The van der Waals surface area contributed by atoms with E-state index in [0.29, 0.717) is 26.3 Å². The van der Waals surface area contributed by atoms with Gasteiger partial charge >= 0.3 is 0 Å². The van der Waals surface area contributed by atoms with E-state index in [2.05, 4.69) is 0 Å². The molecule has 2 heterocycles. The predicted molar refractivity (Wildman–Crippen MR) is 73.0 cm³/mol. The van der Waals surface area contributed by atoms with Crippen LogP contribution in [0.4, 0.5) is 0 Å². The van der Waals surface area contributed by atoms with Gasteiger partial charge in [-0.25, -0.2) is 0 Å². The molecule has 0 aromatic heterocycles. The second-order valence-corrected chi connectivity index (χ2v) is 5.16. The summed E-state index contributed by atoms with van der Waals surface area (Å²) in [6, 6.07) is -0.270. The summed E-state index contributed by atoms with van der Waals surface area (Å²) in [5, 5.41) is 0. The molecule has 0 aromatic rings. The molecule has 1 atom stereocenters. The Bertz CT molecular complexity index is 355. The van der Waals surface area contributed by atoms with Crippen LogP contribution >= 0.6 is 0 Å². The fourth-order valence-electron chi connectivity index (χ4n) is 2.89. The maximum atomic E-state index is 12.5. The number of amides is 2. The Morgan fingerprint density at radius 1 is 1.20 bits per heavy atom. The van der Waals surface area contributed by atoms with E-state index in [9.17, 15) is 9.59 Å². The highest BCUT2D eigenvalue weighted by molar-refractivity contribution is 5.95. The minimum Gasteiger partial charge on any atom is -0.351 e. The van der Waals surface area contributed by atoms with Crippen LogP contribution in [0.1, 0.15) is 33.1 Å². The largest absolute Gasteiger partial charge is 0.351 e. The predicted octanol–water partition coefficient (Wildman–Crippen LogP) is 0.609. The molecule has 0 radical (unpaired) electrons. The van der Waals surface area contributed by atoms with E-state index in [1.807, 2.05) is 13.8 Å². The van der Waals surface area contributed by atoms with Gasteiger partial charge in [0.2, 0.25) is 11.8 Å². The fraction of sp³-hybridized carbons (Fsp3) is 0.857. The standard InChI is InChI=1S/C14H24N2O4/c1-3-19-13(20-4-2)10-15-9-12(17)16-8-6-5-7-11(16)14(15)18/h11,13H,3-10H2,1-2H3. The number of hydrogen-bond acceptors (Lipinski definition) is 4. The van der Waals surface area contributed by atoms with Crippen LogP contribution in [0.3, 0.4) is 0 Å². The molecule has 2 fully saturated rings. The maximum absolute atomic E-state index is 12.5. The van der Waals surface area contributed by atoms with Crippen molar-refractivity contribution in [2.75, 3.05) is 32.8 Å². The molecule has 0 spiro atoms. The zero-order chi connectivity index (χ0) is 14.5. The highest BCUT2D eigenvalue weighted by Crippen LogP contribution is 2.23. The van der Waals surface area contributed by atoms with Gasteiger partial charge in [0.1, 0.15) is 12.6 Å². The van der Waals surface area contributed by atoms with Crippen LogP contribution in [0.15, 0.2) is 0 Å². The first kappa shape index (κ1) is 15.3. The first-order valence-electron chi connectivity index (χ1n) is 7.48. The van der Waals surface area contributed by atoms with Gasteiger partial charge in [0.15, 0.2) is 6.29 Å². The van der Waals surface area contributed by atoms with Crippen LogP contribution in [-0.2, 0) is 19.1 Å². The lowest BCUT2D eigenvalue weighted by Gasteiger charge is -2.43. The molecule has 6 heteroatoms. The number of fused-ring (bicyclic) bond motifs is 1. The minimum atomic E-state index is -0.447. The van der Waals surface area contributed by atoms with Crippen molar-refractivity contribution in [3.8, 4) is 0 Å². The fourth-order valence-corrected chi connectivity index (χ4v) is 2.89. The van der Waals surface area contributed by atoms with E-state index >= 15 is 0 Å². The van der Waals surface area contributed by atoms with Crippen LogP contribution in [-0.4, -0.2) is 66.8 Å². The summed E-state index contributed by atoms with van der Waals surface area (Å²) in [4.78, 5) is 27.9. The molecule has 1 unspecified atom stereocenters. The second kappa shape index (κ2) is 7.04. The Morgan fingerprint density at radius 2 is 1.90 bits per heavy atom. The van der Waals surface area contributed by atoms with Crippen LogP contribution in [0.5, 0.6) is 0 Å².